The number of nitrogens with two attached hydrogens (primary N) is 1. The van der Waals surface area contributed by atoms with Gasteiger partial charge in [0.1, 0.15) is 0 Å². The Hall–Kier alpha value is -2.13. The standard InChI is InChI=1S/C18H20N2O/c19-18(21)17-6-2-1-5-16(17)14-9-7-13(8-10-14)15-4-3-11-20-12-15/h1-2,5-10,15,20H,3-4,11-12H2,(H2,19,21)/t15-/m0/s1. The largest absolute Gasteiger partial charge is 0.366 e. The van der Waals surface area contributed by atoms with E-state index in [0.717, 1.165) is 24.2 Å². The van der Waals surface area contributed by atoms with E-state index in [1.807, 2.05) is 18.2 Å². The lowest BCUT2D eigenvalue weighted by Gasteiger charge is -2.23. The van der Waals surface area contributed by atoms with E-state index in [2.05, 4.69) is 29.6 Å². The summed E-state index contributed by atoms with van der Waals surface area (Å²) in [4.78, 5) is 11.5. The smallest absolute Gasteiger partial charge is 0.249 e. The van der Waals surface area contributed by atoms with Gasteiger partial charge < -0.3 is 11.1 Å². The second-order valence-corrected chi connectivity index (χ2v) is 5.58. The van der Waals surface area contributed by atoms with Crippen molar-refractivity contribution < 1.29 is 4.79 Å². The van der Waals surface area contributed by atoms with Gasteiger partial charge in [-0.15, -0.1) is 0 Å². The molecule has 1 atom stereocenters. The molecule has 3 N–H and O–H groups in total. The van der Waals surface area contributed by atoms with E-state index in [9.17, 15) is 4.79 Å². The molecule has 0 spiro atoms. The summed E-state index contributed by atoms with van der Waals surface area (Å²) >= 11 is 0. The maximum Gasteiger partial charge on any atom is 0.249 e. The Morgan fingerprint density at radius 1 is 1.10 bits per heavy atom. The maximum absolute atomic E-state index is 11.5. The lowest BCUT2D eigenvalue weighted by molar-refractivity contribution is 0.100. The molecule has 3 heteroatoms. The van der Waals surface area contributed by atoms with Gasteiger partial charge in [0.05, 0.1) is 0 Å². The van der Waals surface area contributed by atoms with Crippen LogP contribution in [0.25, 0.3) is 11.1 Å². The fourth-order valence-corrected chi connectivity index (χ4v) is 3.02. The molecule has 2 aromatic carbocycles. The molecule has 1 heterocycles. The van der Waals surface area contributed by atoms with Gasteiger partial charge in [0.2, 0.25) is 5.91 Å². The Kier molecular flexibility index (Phi) is 4.02. The van der Waals surface area contributed by atoms with Crippen molar-refractivity contribution in [3.8, 4) is 11.1 Å². The summed E-state index contributed by atoms with van der Waals surface area (Å²) in [6.45, 7) is 2.18. The van der Waals surface area contributed by atoms with Gasteiger partial charge in [0.15, 0.2) is 0 Å². The van der Waals surface area contributed by atoms with Gasteiger partial charge >= 0.3 is 0 Å². The predicted octanol–water partition coefficient (Wildman–Crippen LogP) is 2.92. The van der Waals surface area contributed by atoms with Crippen LogP contribution in [0.4, 0.5) is 0 Å². The zero-order valence-electron chi connectivity index (χ0n) is 12.0. The van der Waals surface area contributed by atoms with Crippen molar-refractivity contribution in [1.82, 2.24) is 5.32 Å². The van der Waals surface area contributed by atoms with Crippen LogP contribution in [0.15, 0.2) is 48.5 Å². The number of hydrogen-bond donors (Lipinski definition) is 2. The highest BCUT2D eigenvalue weighted by molar-refractivity contribution is 5.99. The quantitative estimate of drug-likeness (QED) is 0.908. The van der Waals surface area contributed by atoms with Crippen LogP contribution in [0.3, 0.4) is 0 Å². The van der Waals surface area contributed by atoms with E-state index in [0.29, 0.717) is 11.5 Å². The van der Waals surface area contributed by atoms with Crippen LogP contribution in [0.5, 0.6) is 0 Å². The Labute approximate surface area is 125 Å². The molecule has 1 amide bonds. The van der Waals surface area contributed by atoms with E-state index >= 15 is 0 Å². The van der Waals surface area contributed by atoms with Crippen LogP contribution in [0.1, 0.15) is 34.7 Å². The fraction of sp³-hybridized carbons (Fsp3) is 0.278. The van der Waals surface area contributed by atoms with Gasteiger partial charge in [0.25, 0.3) is 0 Å². The first-order chi connectivity index (χ1) is 10.3. The number of nitrogens with one attached hydrogen (secondary N) is 1. The van der Waals surface area contributed by atoms with Crippen molar-refractivity contribution in [3.63, 3.8) is 0 Å². The molecular formula is C18H20N2O. The average Bonchev–Trinajstić information content (AvgIpc) is 2.56. The minimum atomic E-state index is -0.383. The molecule has 0 aliphatic carbocycles. The van der Waals surface area contributed by atoms with Gasteiger partial charge in [-0.25, -0.2) is 0 Å². The fourth-order valence-electron chi connectivity index (χ4n) is 3.02. The van der Waals surface area contributed by atoms with Gasteiger partial charge in [0, 0.05) is 12.1 Å². The molecule has 1 saturated heterocycles. The van der Waals surface area contributed by atoms with Crippen LogP contribution in [-0.2, 0) is 0 Å². The summed E-state index contributed by atoms with van der Waals surface area (Å²) < 4.78 is 0. The molecular weight excluding hydrogens is 260 g/mol. The van der Waals surface area contributed by atoms with Crippen molar-refractivity contribution >= 4 is 5.91 Å². The summed E-state index contributed by atoms with van der Waals surface area (Å²) in [6, 6.07) is 16.0. The molecule has 0 saturated carbocycles. The zero-order chi connectivity index (χ0) is 14.7. The molecule has 0 bridgehead atoms. The summed E-state index contributed by atoms with van der Waals surface area (Å²) in [7, 11) is 0. The van der Waals surface area contributed by atoms with E-state index in [4.69, 9.17) is 5.73 Å². The van der Waals surface area contributed by atoms with Crippen LogP contribution in [0.2, 0.25) is 0 Å². The van der Waals surface area contributed by atoms with Crippen LogP contribution < -0.4 is 11.1 Å². The number of carbonyl (C=O) groups is 1. The third-order valence-electron chi connectivity index (χ3n) is 4.18. The van der Waals surface area contributed by atoms with Crippen molar-refractivity contribution in [2.45, 2.75) is 18.8 Å². The van der Waals surface area contributed by atoms with Gasteiger partial charge in [-0.05, 0) is 48.1 Å². The predicted molar refractivity (Wildman–Crippen MR) is 85.2 cm³/mol. The molecule has 1 aliphatic rings. The SMILES string of the molecule is NC(=O)c1ccccc1-c1ccc([C@H]2CCCNC2)cc1. The minimum Gasteiger partial charge on any atom is -0.366 e. The molecule has 0 unspecified atom stereocenters. The highest BCUT2D eigenvalue weighted by atomic mass is 16.1. The topological polar surface area (TPSA) is 55.1 Å². The normalized spacial score (nSPS) is 18.4. The molecule has 108 valence electrons. The van der Waals surface area contributed by atoms with Crippen molar-refractivity contribution in [3.05, 3.63) is 59.7 Å². The first-order valence-electron chi connectivity index (χ1n) is 7.45. The molecule has 1 fully saturated rings. The Morgan fingerprint density at radius 2 is 1.86 bits per heavy atom. The maximum atomic E-state index is 11.5. The third kappa shape index (κ3) is 2.98. The molecule has 0 aromatic heterocycles. The van der Waals surface area contributed by atoms with Crippen LogP contribution in [-0.4, -0.2) is 19.0 Å². The van der Waals surface area contributed by atoms with Crippen molar-refractivity contribution in [1.29, 1.82) is 0 Å². The zero-order valence-corrected chi connectivity index (χ0v) is 12.0. The number of primary amides is 1. The minimum absolute atomic E-state index is 0.383. The van der Waals surface area contributed by atoms with E-state index in [-0.39, 0.29) is 5.91 Å². The van der Waals surface area contributed by atoms with Crippen molar-refractivity contribution in [2.24, 2.45) is 5.73 Å². The van der Waals surface area contributed by atoms with E-state index in [1.54, 1.807) is 6.07 Å². The van der Waals surface area contributed by atoms with Gasteiger partial charge in [-0.1, -0.05) is 42.5 Å². The Balaban J connectivity index is 1.89. The molecule has 21 heavy (non-hydrogen) atoms. The van der Waals surface area contributed by atoms with Gasteiger partial charge in [-0.2, -0.15) is 0 Å². The monoisotopic (exact) mass is 280 g/mol. The molecule has 0 radical (unpaired) electrons. The number of benzene rings is 2. The van der Waals surface area contributed by atoms with E-state index < -0.39 is 0 Å². The Bertz CT molecular complexity index is 628. The number of amides is 1. The number of piperidine rings is 1. The third-order valence-corrected chi connectivity index (χ3v) is 4.18. The highest BCUT2D eigenvalue weighted by Gasteiger charge is 2.15. The number of carbonyl (C=O) groups excluding carboxylic acids is 1. The van der Waals surface area contributed by atoms with Crippen LogP contribution in [0, 0.1) is 0 Å². The molecule has 1 aliphatic heterocycles. The summed E-state index contributed by atoms with van der Waals surface area (Å²) in [6.07, 6.45) is 2.47. The lowest BCUT2D eigenvalue weighted by Crippen LogP contribution is -2.28. The summed E-state index contributed by atoms with van der Waals surface area (Å²) in [5, 5.41) is 3.44. The Morgan fingerprint density at radius 3 is 2.52 bits per heavy atom. The van der Waals surface area contributed by atoms with Crippen LogP contribution >= 0.6 is 0 Å². The molecule has 2 aromatic rings. The second kappa shape index (κ2) is 6.10. The average molecular weight is 280 g/mol. The molecule has 3 nitrogen and oxygen atoms in total. The number of hydrogen-bond acceptors (Lipinski definition) is 2. The first-order valence-corrected chi connectivity index (χ1v) is 7.45. The summed E-state index contributed by atoms with van der Waals surface area (Å²) in [5.74, 6) is 0.213. The summed E-state index contributed by atoms with van der Waals surface area (Å²) in [5.41, 5.74) is 9.33. The molecule has 3 rings (SSSR count). The van der Waals surface area contributed by atoms with Gasteiger partial charge in [-0.3, -0.25) is 4.79 Å². The first kappa shape index (κ1) is 13.8. The van der Waals surface area contributed by atoms with E-state index in [1.165, 1.54) is 18.4 Å². The second-order valence-electron chi connectivity index (χ2n) is 5.58. The highest BCUT2D eigenvalue weighted by Crippen LogP contribution is 2.28. The lowest BCUT2D eigenvalue weighted by atomic mass is 9.90. The van der Waals surface area contributed by atoms with Crippen molar-refractivity contribution in [2.75, 3.05) is 13.1 Å². The number of rotatable bonds is 3.